The van der Waals surface area contributed by atoms with Crippen LogP contribution in [0.3, 0.4) is 0 Å². The van der Waals surface area contributed by atoms with E-state index in [2.05, 4.69) is 15.4 Å². The monoisotopic (exact) mass is 392 g/mol. The minimum Gasteiger partial charge on any atom is -0.465 e. The molecule has 0 aliphatic heterocycles. The summed E-state index contributed by atoms with van der Waals surface area (Å²) in [6.07, 6.45) is 0. The van der Waals surface area contributed by atoms with Crippen molar-refractivity contribution in [2.24, 2.45) is 0 Å². The van der Waals surface area contributed by atoms with E-state index in [4.69, 9.17) is 11.6 Å². The van der Waals surface area contributed by atoms with Crippen LogP contribution in [-0.2, 0) is 14.3 Å². The number of nitrogens with one attached hydrogen (secondary N) is 2. The van der Waals surface area contributed by atoms with Crippen molar-refractivity contribution in [2.75, 3.05) is 23.5 Å². The van der Waals surface area contributed by atoms with Crippen molar-refractivity contribution < 1.29 is 19.1 Å². The van der Waals surface area contributed by atoms with Crippen LogP contribution in [0.25, 0.3) is 0 Å². The highest BCUT2D eigenvalue weighted by atomic mass is 35.5. The van der Waals surface area contributed by atoms with Crippen molar-refractivity contribution >= 4 is 52.5 Å². The number of thioether (sulfide) groups is 1. The van der Waals surface area contributed by atoms with Gasteiger partial charge in [-0.05, 0) is 30.3 Å². The van der Waals surface area contributed by atoms with Crippen LogP contribution in [0.5, 0.6) is 0 Å². The second kappa shape index (κ2) is 9.26. The number of carbonyl (C=O) groups is 3. The molecule has 0 spiro atoms. The van der Waals surface area contributed by atoms with Gasteiger partial charge in [-0.3, -0.25) is 9.59 Å². The second-order valence-electron chi connectivity index (χ2n) is 5.20. The molecule has 0 bridgehead atoms. The van der Waals surface area contributed by atoms with Gasteiger partial charge in [-0.2, -0.15) is 0 Å². The van der Waals surface area contributed by atoms with Crippen LogP contribution in [0.4, 0.5) is 11.4 Å². The standard InChI is InChI=1S/C18H17ClN2O4S/c1-11(22)20-14-5-3-4-6-16(14)26-10-17(23)21-15-9-12(18(24)25-2)7-8-13(15)19/h3-9H,10H2,1-2H3,(H,20,22)(H,21,23). The van der Waals surface area contributed by atoms with Crippen LogP contribution in [-0.4, -0.2) is 30.6 Å². The van der Waals surface area contributed by atoms with Gasteiger partial charge in [0.05, 0.1) is 34.8 Å². The van der Waals surface area contributed by atoms with Gasteiger partial charge in [0.25, 0.3) is 0 Å². The zero-order chi connectivity index (χ0) is 19.1. The van der Waals surface area contributed by atoms with E-state index in [0.717, 1.165) is 4.90 Å². The van der Waals surface area contributed by atoms with Gasteiger partial charge < -0.3 is 15.4 Å². The van der Waals surface area contributed by atoms with E-state index in [1.54, 1.807) is 12.1 Å². The van der Waals surface area contributed by atoms with Crippen LogP contribution >= 0.6 is 23.4 Å². The van der Waals surface area contributed by atoms with Crippen molar-refractivity contribution in [3.8, 4) is 0 Å². The van der Waals surface area contributed by atoms with Gasteiger partial charge in [-0.15, -0.1) is 11.8 Å². The first-order valence-corrected chi connectivity index (χ1v) is 8.94. The second-order valence-corrected chi connectivity index (χ2v) is 6.62. The highest BCUT2D eigenvalue weighted by Gasteiger charge is 2.12. The SMILES string of the molecule is COC(=O)c1ccc(Cl)c(NC(=O)CSc2ccccc2NC(C)=O)c1. The highest BCUT2D eigenvalue weighted by molar-refractivity contribution is 8.00. The molecular formula is C18H17ClN2O4S. The van der Waals surface area contributed by atoms with Gasteiger partial charge in [0.1, 0.15) is 0 Å². The number of carbonyl (C=O) groups excluding carboxylic acids is 3. The van der Waals surface area contributed by atoms with Crippen molar-refractivity contribution in [3.63, 3.8) is 0 Å². The van der Waals surface area contributed by atoms with E-state index >= 15 is 0 Å². The predicted octanol–water partition coefficient (Wildman–Crippen LogP) is 3.82. The summed E-state index contributed by atoms with van der Waals surface area (Å²) in [7, 11) is 1.28. The molecule has 0 aliphatic carbocycles. The van der Waals surface area contributed by atoms with Crippen LogP contribution in [0.2, 0.25) is 5.02 Å². The molecule has 6 nitrogen and oxygen atoms in total. The quantitative estimate of drug-likeness (QED) is 0.576. The molecule has 0 unspecified atom stereocenters. The van der Waals surface area contributed by atoms with E-state index < -0.39 is 5.97 Å². The van der Waals surface area contributed by atoms with Crippen molar-refractivity contribution in [3.05, 3.63) is 53.1 Å². The van der Waals surface area contributed by atoms with Gasteiger partial charge in [0, 0.05) is 11.8 Å². The summed E-state index contributed by atoms with van der Waals surface area (Å²) < 4.78 is 4.65. The third kappa shape index (κ3) is 5.50. The molecule has 0 fully saturated rings. The Bertz CT molecular complexity index is 842. The van der Waals surface area contributed by atoms with Crippen LogP contribution in [0.1, 0.15) is 17.3 Å². The van der Waals surface area contributed by atoms with Crippen molar-refractivity contribution in [2.45, 2.75) is 11.8 Å². The number of hydrogen-bond acceptors (Lipinski definition) is 5. The first-order valence-electron chi connectivity index (χ1n) is 7.58. The molecule has 0 atom stereocenters. The molecule has 0 aliphatic rings. The number of rotatable bonds is 6. The lowest BCUT2D eigenvalue weighted by Crippen LogP contribution is -2.15. The first kappa shape index (κ1) is 19.8. The largest absolute Gasteiger partial charge is 0.465 e. The minimum absolute atomic E-state index is 0.107. The Morgan fingerprint density at radius 1 is 1.08 bits per heavy atom. The summed E-state index contributed by atoms with van der Waals surface area (Å²) in [5, 5.41) is 5.71. The van der Waals surface area contributed by atoms with E-state index in [1.165, 1.54) is 44.0 Å². The molecule has 0 saturated carbocycles. The number of hydrogen-bond donors (Lipinski definition) is 2. The van der Waals surface area contributed by atoms with Crippen molar-refractivity contribution in [1.82, 2.24) is 0 Å². The summed E-state index contributed by atoms with van der Waals surface area (Å²) in [6, 6.07) is 11.7. The fourth-order valence-electron chi connectivity index (χ4n) is 2.08. The molecule has 2 aromatic carbocycles. The van der Waals surface area contributed by atoms with Gasteiger partial charge in [-0.1, -0.05) is 23.7 Å². The Labute approximate surface area is 160 Å². The average molecular weight is 393 g/mol. The smallest absolute Gasteiger partial charge is 0.337 e. The Kier molecular flexibility index (Phi) is 7.06. The number of ether oxygens (including phenoxy) is 1. The lowest BCUT2D eigenvalue weighted by molar-refractivity contribution is -0.114. The van der Waals surface area contributed by atoms with Crippen LogP contribution < -0.4 is 10.6 Å². The topological polar surface area (TPSA) is 84.5 Å². The molecular weight excluding hydrogens is 376 g/mol. The number of methoxy groups -OCH3 is 1. The Balaban J connectivity index is 2.04. The Morgan fingerprint density at radius 2 is 1.81 bits per heavy atom. The molecule has 0 radical (unpaired) electrons. The fraction of sp³-hybridized carbons (Fsp3) is 0.167. The van der Waals surface area contributed by atoms with Gasteiger partial charge >= 0.3 is 5.97 Å². The number of esters is 1. The predicted molar refractivity (Wildman–Crippen MR) is 103 cm³/mol. The average Bonchev–Trinajstić information content (AvgIpc) is 2.61. The van der Waals surface area contributed by atoms with Gasteiger partial charge in [-0.25, -0.2) is 4.79 Å². The molecule has 136 valence electrons. The molecule has 0 heterocycles. The molecule has 0 aromatic heterocycles. The normalized spacial score (nSPS) is 10.1. The molecule has 2 N–H and O–H groups in total. The summed E-state index contributed by atoms with van der Waals surface area (Å²) in [5.41, 5.74) is 1.26. The lowest BCUT2D eigenvalue weighted by Gasteiger charge is -2.11. The van der Waals surface area contributed by atoms with E-state index in [-0.39, 0.29) is 23.1 Å². The maximum absolute atomic E-state index is 12.2. The molecule has 2 aromatic rings. The first-order chi connectivity index (χ1) is 12.4. The van der Waals surface area contributed by atoms with Crippen LogP contribution in [0.15, 0.2) is 47.4 Å². The van der Waals surface area contributed by atoms with Crippen molar-refractivity contribution in [1.29, 1.82) is 0 Å². The number of amides is 2. The Morgan fingerprint density at radius 3 is 2.50 bits per heavy atom. The van der Waals surface area contributed by atoms with E-state index in [0.29, 0.717) is 16.4 Å². The summed E-state index contributed by atoms with van der Waals surface area (Å²) in [4.78, 5) is 35.8. The zero-order valence-corrected chi connectivity index (χ0v) is 15.7. The molecule has 0 saturated heterocycles. The summed E-state index contributed by atoms with van der Waals surface area (Å²) in [5.74, 6) is -0.892. The highest BCUT2D eigenvalue weighted by Crippen LogP contribution is 2.28. The van der Waals surface area contributed by atoms with E-state index in [1.807, 2.05) is 12.1 Å². The maximum atomic E-state index is 12.2. The van der Waals surface area contributed by atoms with Crippen LogP contribution in [0, 0.1) is 0 Å². The number of halogens is 1. The number of benzene rings is 2. The molecule has 26 heavy (non-hydrogen) atoms. The Hall–Kier alpha value is -2.51. The van der Waals surface area contributed by atoms with E-state index in [9.17, 15) is 14.4 Å². The molecule has 2 amide bonds. The molecule has 2 rings (SSSR count). The maximum Gasteiger partial charge on any atom is 0.337 e. The summed E-state index contributed by atoms with van der Waals surface area (Å²) >= 11 is 7.34. The lowest BCUT2D eigenvalue weighted by atomic mass is 10.2. The molecule has 8 heteroatoms. The van der Waals surface area contributed by atoms with Gasteiger partial charge in [0.2, 0.25) is 11.8 Å². The third-order valence-electron chi connectivity index (χ3n) is 3.22. The minimum atomic E-state index is -0.518. The number of anilines is 2. The summed E-state index contributed by atoms with van der Waals surface area (Å²) in [6.45, 7) is 1.42. The fourth-order valence-corrected chi connectivity index (χ4v) is 3.05. The zero-order valence-electron chi connectivity index (χ0n) is 14.2. The third-order valence-corrected chi connectivity index (χ3v) is 4.62. The number of para-hydroxylation sites is 1. The van der Waals surface area contributed by atoms with Gasteiger partial charge in [0.15, 0.2) is 0 Å².